The molecule has 3 rings (SSSR count). The van der Waals surface area contributed by atoms with Crippen molar-refractivity contribution in [2.45, 2.75) is 17.9 Å². The molecule has 5 nitrogen and oxygen atoms in total. The van der Waals surface area contributed by atoms with E-state index >= 15 is 0 Å². The van der Waals surface area contributed by atoms with Crippen LogP contribution in [0.4, 0.5) is 13.2 Å². The quantitative estimate of drug-likeness (QED) is 0.562. The first-order valence-electron chi connectivity index (χ1n) is 8.41. The molecule has 1 aliphatic heterocycles. The van der Waals surface area contributed by atoms with E-state index in [9.17, 15) is 21.6 Å². The number of terminal acetylenes is 1. The summed E-state index contributed by atoms with van der Waals surface area (Å²) in [6.07, 6.45) is 6.37. The summed E-state index contributed by atoms with van der Waals surface area (Å²) in [5.41, 5.74) is 0.578. The molecule has 0 fully saturated rings. The summed E-state index contributed by atoms with van der Waals surface area (Å²) in [7, 11) is -4.02. The number of alkyl halides is 3. The van der Waals surface area contributed by atoms with E-state index in [1.54, 1.807) is 24.4 Å². The van der Waals surface area contributed by atoms with Gasteiger partial charge in [-0.1, -0.05) is 30.2 Å². The van der Waals surface area contributed by atoms with E-state index in [0.717, 1.165) is 23.4 Å². The van der Waals surface area contributed by atoms with E-state index in [0.29, 0.717) is 18.7 Å². The minimum absolute atomic E-state index is 0.119. The molecule has 0 bridgehead atoms. The maximum absolute atomic E-state index is 13.2. The van der Waals surface area contributed by atoms with E-state index in [1.807, 2.05) is 23.1 Å². The number of benzene rings is 1. The van der Waals surface area contributed by atoms with Gasteiger partial charge in [0.2, 0.25) is 15.0 Å². The molecule has 1 aromatic heterocycles. The van der Waals surface area contributed by atoms with Crippen LogP contribution in [-0.4, -0.2) is 36.1 Å². The number of aromatic nitrogens is 2. The Kier molecular flexibility index (Phi) is 5.48. The minimum atomic E-state index is -4.80. The van der Waals surface area contributed by atoms with Crippen LogP contribution in [-0.2, 0) is 22.6 Å². The lowest BCUT2D eigenvalue weighted by Gasteiger charge is -2.23. The van der Waals surface area contributed by atoms with Crippen molar-refractivity contribution in [2.75, 3.05) is 12.8 Å². The van der Waals surface area contributed by atoms with Gasteiger partial charge in [0.05, 0.1) is 5.69 Å². The molecule has 2 heterocycles. The van der Waals surface area contributed by atoms with Crippen molar-refractivity contribution in [1.82, 2.24) is 14.9 Å². The van der Waals surface area contributed by atoms with Crippen LogP contribution in [0.1, 0.15) is 22.5 Å². The molecule has 29 heavy (non-hydrogen) atoms. The van der Waals surface area contributed by atoms with Gasteiger partial charge in [-0.25, -0.2) is 18.4 Å². The van der Waals surface area contributed by atoms with Gasteiger partial charge >= 0.3 is 6.18 Å². The summed E-state index contributed by atoms with van der Waals surface area (Å²) in [5.74, 6) is 2.55. The molecule has 0 spiro atoms. The van der Waals surface area contributed by atoms with Crippen LogP contribution < -0.4 is 0 Å². The molecular formula is C20H16F3N3O2S. The fourth-order valence-corrected chi connectivity index (χ4v) is 3.28. The number of halogens is 3. The first kappa shape index (κ1) is 20.6. The second-order valence-corrected chi connectivity index (χ2v) is 8.36. The maximum atomic E-state index is 13.2. The molecule has 9 heteroatoms. The molecule has 0 saturated heterocycles. The SMILES string of the molecule is C#Cc1cccc(CN2C=C(c3cc(C(F)(F)F)nc(S(C)(=O)=O)n3)C=CC2)c1. The Morgan fingerprint density at radius 2 is 2.00 bits per heavy atom. The van der Waals surface area contributed by atoms with E-state index < -0.39 is 26.9 Å². The van der Waals surface area contributed by atoms with Crippen LogP contribution in [0.25, 0.3) is 5.57 Å². The number of rotatable bonds is 4. The van der Waals surface area contributed by atoms with Crippen molar-refractivity contribution in [2.24, 2.45) is 0 Å². The predicted molar refractivity (Wildman–Crippen MR) is 102 cm³/mol. The highest BCUT2D eigenvalue weighted by atomic mass is 32.2. The van der Waals surface area contributed by atoms with Crippen molar-refractivity contribution >= 4 is 15.4 Å². The fourth-order valence-electron chi connectivity index (χ4n) is 2.75. The van der Waals surface area contributed by atoms with Crippen LogP contribution in [0.2, 0.25) is 0 Å². The lowest BCUT2D eigenvalue weighted by Crippen LogP contribution is -2.20. The monoisotopic (exact) mass is 419 g/mol. The van der Waals surface area contributed by atoms with E-state index in [1.165, 1.54) is 0 Å². The molecule has 0 N–H and O–H groups in total. The zero-order valence-electron chi connectivity index (χ0n) is 15.3. The molecule has 2 aromatic rings. The molecule has 1 aromatic carbocycles. The van der Waals surface area contributed by atoms with Gasteiger partial charge in [0.15, 0.2) is 0 Å². The minimum Gasteiger partial charge on any atom is -0.369 e. The maximum Gasteiger partial charge on any atom is 0.433 e. The summed E-state index contributed by atoms with van der Waals surface area (Å²) in [4.78, 5) is 8.87. The standard InChI is InChI=1S/C20H16F3N3O2S/c1-3-14-6-4-7-15(10-14)12-26-9-5-8-16(13-26)17-11-18(20(21,22)23)25-19(24-17)29(2,27)28/h1,4-8,10-11,13H,9,12H2,2H3. The van der Waals surface area contributed by atoms with Gasteiger partial charge < -0.3 is 4.90 Å². The zero-order chi connectivity index (χ0) is 21.2. The van der Waals surface area contributed by atoms with Gasteiger partial charge in [0, 0.05) is 36.7 Å². The first-order valence-corrected chi connectivity index (χ1v) is 10.3. The summed E-state index contributed by atoms with van der Waals surface area (Å²) in [6, 6.07) is 8.11. The second-order valence-electron chi connectivity index (χ2n) is 6.45. The lowest BCUT2D eigenvalue weighted by atomic mass is 10.1. The van der Waals surface area contributed by atoms with Gasteiger partial charge in [0.25, 0.3) is 0 Å². The molecule has 1 aliphatic rings. The molecular weight excluding hydrogens is 403 g/mol. The van der Waals surface area contributed by atoms with E-state index in [4.69, 9.17) is 6.42 Å². The first-order chi connectivity index (χ1) is 13.6. The number of allylic oxidation sites excluding steroid dienone is 2. The average molecular weight is 419 g/mol. The number of sulfone groups is 1. The Bertz CT molecular complexity index is 1150. The van der Waals surface area contributed by atoms with E-state index in [2.05, 4.69) is 15.9 Å². The lowest BCUT2D eigenvalue weighted by molar-refractivity contribution is -0.141. The second kappa shape index (κ2) is 7.72. The third-order valence-corrected chi connectivity index (χ3v) is 4.91. The third-order valence-electron chi connectivity index (χ3n) is 4.06. The normalized spacial score (nSPS) is 14.4. The number of hydrogen-bond acceptors (Lipinski definition) is 5. The van der Waals surface area contributed by atoms with Gasteiger partial charge in [0.1, 0.15) is 5.69 Å². The van der Waals surface area contributed by atoms with Crippen molar-refractivity contribution in [3.05, 3.63) is 71.2 Å². The fraction of sp³-hybridized carbons (Fsp3) is 0.200. The highest BCUT2D eigenvalue weighted by molar-refractivity contribution is 7.90. The number of hydrogen-bond donors (Lipinski definition) is 0. The van der Waals surface area contributed by atoms with Gasteiger partial charge in [-0.2, -0.15) is 13.2 Å². The molecule has 0 unspecified atom stereocenters. The smallest absolute Gasteiger partial charge is 0.369 e. The Morgan fingerprint density at radius 1 is 1.24 bits per heavy atom. The summed E-state index contributed by atoms with van der Waals surface area (Å²) in [6.45, 7) is 0.999. The average Bonchev–Trinajstić information content (AvgIpc) is 2.66. The Balaban J connectivity index is 1.98. The van der Waals surface area contributed by atoms with Gasteiger partial charge in [-0.3, -0.25) is 0 Å². The molecule has 0 saturated carbocycles. The van der Waals surface area contributed by atoms with Crippen LogP contribution in [0.3, 0.4) is 0 Å². The summed E-state index contributed by atoms with van der Waals surface area (Å²) in [5, 5.41) is -0.865. The Morgan fingerprint density at radius 3 is 2.66 bits per heavy atom. The molecule has 0 amide bonds. The van der Waals surface area contributed by atoms with Crippen LogP contribution in [0, 0.1) is 12.3 Å². The molecule has 0 radical (unpaired) electrons. The molecule has 150 valence electrons. The van der Waals surface area contributed by atoms with Crippen LogP contribution >= 0.6 is 0 Å². The van der Waals surface area contributed by atoms with Crippen LogP contribution in [0.15, 0.2) is 53.8 Å². The van der Waals surface area contributed by atoms with Crippen LogP contribution in [0.5, 0.6) is 0 Å². The van der Waals surface area contributed by atoms with E-state index in [-0.39, 0.29) is 5.69 Å². The highest BCUT2D eigenvalue weighted by Gasteiger charge is 2.35. The van der Waals surface area contributed by atoms with Crippen molar-refractivity contribution < 1.29 is 21.6 Å². The molecule has 0 aliphatic carbocycles. The molecule has 0 atom stereocenters. The summed E-state index contributed by atoms with van der Waals surface area (Å²) < 4.78 is 63.1. The third kappa shape index (κ3) is 5.03. The van der Waals surface area contributed by atoms with Crippen molar-refractivity contribution in [3.8, 4) is 12.3 Å². The Hall–Kier alpha value is -3.12. The van der Waals surface area contributed by atoms with Gasteiger partial charge in [-0.05, 0) is 23.8 Å². The van der Waals surface area contributed by atoms with Crippen molar-refractivity contribution in [1.29, 1.82) is 0 Å². The topological polar surface area (TPSA) is 63.2 Å². The highest BCUT2D eigenvalue weighted by Crippen LogP contribution is 2.30. The largest absolute Gasteiger partial charge is 0.433 e. The Labute approximate surface area is 166 Å². The predicted octanol–water partition coefficient (Wildman–Crippen LogP) is 3.29. The summed E-state index contributed by atoms with van der Waals surface area (Å²) >= 11 is 0. The van der Waals surface area contributed by atoms with Crippen molar-refractivity contribution in [3.63, 3.8) is 0 Å². The zero-order valence-corrected chi connectivity index (χ0v) is 16.1. The number of nitrogens with zero attached hydrogens (tertiary/aromatic N) is 3. The van der Waals surface area contributed by atoms with Gasteiger partial charge in [-0.15, -0.1) is 6.42 Å².